The highest BCUT2D eigenvalue weighted by Gasteiger charge is 2.25. The molecule has 102 valence electrons. The zero-order valence-electron chi connectivity index (χ0n) is 10.6. The number of halogens is 1. The van der Waals surface area contributed by atoms with Crippen LogP contribution in [-0.2, 0) is 10.0 Å². The minimum Gasteiger partial charge on any atom is -0.243 e. The van der Waals surface area contributed by atoms with Gasteiger partial charge in [0.25, 0.3) is 10.0 Å². The second-order valence-electron chi connectivity index (χ2n) is 4.06. The number of nitrogens with zero attached hydrogens (tertiary/aromatic N) is 3. The SMILES string of the molecule is Cc1cc(C)c(S(=O)(=O)N(C)c2nncs2)cc1Br. The van der Waals surface area contributed by atoms with Gasteiger partial charge in [0.05, 0.1) is 4.90 Å². The second kappa shape index (κ2) is 5.18. The van der Waals surface area contributed by atoms with E-state index < -0.39 is 10.0 Å². The predicted octanol–water partition coefficient (Wildman–Crippen LogP) is 2.74. The standard InChI is InChI=1S/C11H12BrN3O2S2/c1-7-4-8(2)10(5-9(7)12)19(16,17)15(3)11-14-13-6-18-11/h4-6H,1-3H3. The van der Waals surface area contributed by atoms with Crippen LogP contribution in [0.15, 0.2) is 27.0 Å². The third-order valence-electron chi connectivity index (χ3n) is 2.71. The van der Waals surface area contributed by atoms with E-state index in [-0.39, 0.29) is 4.90 Å². The topological polar surface area (TPSA) is 63.2 Å². The lowest BCUT2D eigenvalue weighted by Crippen LogP contribution is -2.27. The van der Waals surface area contributed by atoms with Crippen molar-refractivity contribution in [1.82, 2.24) is 10.2 Å². The van der Waals surface area contributed by atoms with Gasteiger partial charge in [-0.2, -0.15) is 0 Å². The van der Waals surface area contributed by atoms with Crippen molar-refractivity contribution in [3.63, 3.8) is 0 Å². The fourth-order valence-corrected chi connectivity index (χ4v) is 4.26. The van der Waals surface area contributed by atoms with Crippen LogP contribution in [-0.4, -0.2) is 25.7 Å². The third kappa shape index (κ3) is 2.65. The average molecular weight is 362 g/mol. The summed E-state index contributed by atoms with van der Waals surface area (Å²) in [5, 5.41) is 7.78. The molecule has 0 radical (unpaired) electrons. The van der Waals surface area contributed by atoms with E-state index in [1.54, 1.807) is 13.0 Å². The molecule has 1 heterocycles. The van der Waals surface area contributed by atoms with Gasteiger partial charge in [-0.05, 0) is 31.0 Å². The quantitative estimate of drug-likeness (QED) is 0.842. The molecule has 0 aliphatic heterocycles. The van der Waals surface area contributed by atoms with Crippen LogP contribution in [0.5, 0.6) is 0 Å². The Balaban J connectivity index is 2.54. The normalized spacial score (nSPS) is 11.6. The Hall–Kier alpha value is -0.990. The lowest BCUT2D eigenvalue weighted by atomic mass is 10.2. The summed E-state index contributed by atoms with van der Waals surface area (Å²) in [6.45, 7) is 3.70. The third-order valence-corrected chi connectivity index (χ3v) is 6.34. The van der Waals surface area contributed by atoms with Crippen molar-refractivity contribution in [3.05, 3.63) is 33.2 Å². The molecule has 0 unspecified atom stereocenters. The van der Waals surface area contributed by atoms with Gasteiger partial charge in [0, 0.05) is 11.5 Å². The molecule has 0 N–H and O–H groups in total. The van der Waals surface area contributed by atoms with Crippen molar-refractivity contribution < 1.29 is 8.42 Å². The highest BCUT2D eigenvalue weighted by molar-refractivity contribution is 9.10. The predicted molar refractivity (Wildman–Crippen MR) is 79.1 cm³/mol. The molecule has 0 fully saturated rings. The molecule has 0 bridgehead atoms. The van der Waals surface area contributed by atoms with Gasteiger partial charge in [0.2, 0.25) is 5.13 Å². The molecule has 0 amide bonds. The van der Waals surface area contributed by atoms with E-state index in [0.29, 0.717) is 10.7 Å². The molecule has 0 aliphatic rings. The molecule has 0 aliphatic carbocycles. The van der Waals surface area contributed by atoms with Gasteiger partial charge >= 0.3 is 0 Å². The molecular weight excluding hydrogens is 350 g/mol. The zero-order chi connectivity index (χ0) is 14.2. The van der Waals surface area contributed by atoms with E-state index in [9.17, 15) is 8.42 Å². The van der Waals surface area contributed by atoms with Crippen molar-refractivity contribution in [2.75, 3.05) is 11.4 Å². The summed E-state index contributed by atoms with van der Waals surface area (Å²) < 4.78 is 27.0. The average Bonchev–Trinajstić information content (AvgIpc) is 2.86. The number of hydrogen-bond donors (Lipinski definition) is 0. The maximum Gasteiger partial charge on any atom is 0.266 e. The summed E-state index contributed by atoms with van der Waals surface area (Å²) in [5.41, 5.74) is 3.20. The summed E-state index contributed by atoms with van der Waals surface area (Å²) in [5.74, 6) is 0. The zero-order valence-corrected chi connectivity index (χ0v) is 13.8. The van der Waals surface area contributed by atoms with E-state index in [1.807, 2.05) is 13.0 Å². The molecule has 1 aromatic heterocycles. The Kier molecular flexibility index (Phi) is 3.93. The summed E-state index contributed by atoms with van der Waals surface area (Å²) >= 11 is 4.54. The van der Waals surface area contributed by atoms with Crippen molar-refractivity contribution in [2.45, 2.75) is 18.7 Å². The van der Waals surface area contributed by atoms with Crippen LogP contribution in [0, 0.1) is 13.8 Å². The second-order valence-corrected chi connectivity index (χ2v) is 7.66. The molecule has 5 nitrogen and oxygen atoms in total. The number of hydrogen-bond acceptors (Lipinski definition) is 5. The van der Waals surface area contributed by atoms with Gasteiger partial charge in [-0.1, -0.05) is 33.3 Å². The Labute approximate surface area is 124 Å². The molecule has 1 aromatic carbocycles. The summed E-state index contributed by atoms with van der Waals surface area (Å²) in [6, 6.07) is 3.46. The molecule has 2 aromatic rings. The summed E-state index contributed by atoms with van der Waals surface area (Å²) in [4.78, 5) is 0.266. The molecule has 0 atom stereocenters. The molecule has 19 heavy (non-hydrogen) atoms. The van der Waals surface area contributed by atoms with Crippen LogP contribution in [0.2, 0.25) is 0 Å². The fraction of sp³-hybridized carbons (Fsp3) is 0.273. The molecule has 2 rings (SSSR count). The Morgan fingerprint density at radius 1 is 1.26 bits per heavy atom. The van der Waals surface area contributed by atoms with Crippen molar-refractivity contribution in [3.8, 4) is 0 Å². The van der Waals surface area contributed by atoms with Crippen LogP contribution < -0.4 is 4.31 Å². The maximum absolute atomic E-state index is 12.6. The fourth-order valence-electron chi connectivity index (χ4n) is 1.64. The van der Waals surface area contributed by atoms with Crippen LogP contribution in [0.25, 0.3) is 0 Å². The summed E-state index contributed by atoms with van der Waals surface area (Å²) in [7, 11) is -2.15. The van der Waals surface area contributed by atoms with Crippen LogP contribution in [0.3, 0.4) is 0 Å². The maximum atomic E-state index is 12.6. The molecular formula is C11H12BrN3O2S2. The highest BCUT2D eigenvalue weighted by Crippen LogP contribution is 2.29. The number of aryl methyl sites for hydroxylation is 2. The molecule has 0 saturated carbocycles. The Morgan fingerprint density at radius 2 is 1.95 bits per heavy atom. The van der Waals surface area contributed by atoms with Crippen LogP contribution >= 0.6 is 27.3 Å². The molecule has 0 spiro atoms. The lowest BCUT2D eigenvalue weighted by molar-refractivity contribution is 0.593. The largest absolute Gasteiger partial charge is 0.266 e. The Bertz CT molecular complexity index is 699. The monoisotopic (exact) mass is 361 g/mol. The van der Waals surface area contributed by atoms with E-state index >= 15 is 0 Å². The number of rotatable bonds is 3. The first-order valence-corrected chi connectivity index (χ1v) is 8.47. The Morgan fingerprint density at radius 3 is 2.53 bits per heavy atom. The van der Waals surface area contributed by atoms with Crippen molar-refractivity contribution >= 4 is 42.4 Å². The first kappa shape index (κ1) is 14.4. The van der Waals surface area contributed by atoms with Crippen LogP contribution in [0.1, 0.15) is 11.1 Å². The van der Waals surface area contributed by atoms with E-state index in [0.717, 1.165) is 14.3 Å². The van der Waals surface area contributed by atoms with Gasteiger partial charge in [-0.15, -0.1) is 10.2 Å². The van der Waals surface area contributed by atoms with Crippen molar-refractivity contribution in [1.29, 1.82) is 0 Å². The van der Waals surface area contributed by atoms with E-state index in [4.69, 9.17) is 0 Å². The van der Waals surface area contributed by atoms with Gasteiger partial charge in [-0.3, -0.25) is 0 Å². The minimum atomic E-state index is -3.62. The lowest BCUT2D eigenvalue weighted by Gasteiger charge is -2.18. The minimum absolute atomic E-state index is 0.266. The van der Waals surface area contributed by atoms with Gasteiger partial charge in [0.1, 0.15) is 5.51 Å². The summed E-state index contributed by atoms with van der Waals surface area (Å²) in [6.07, 6.45) is 0. The van der Waals surface area contributed by atoms with E-state index in [1.165, 1.54) is 23.9 Å². The number of anilines is 1. The van der Waals surface area contributed by atoms with Crippen molar-refractivity contribution in [2.24, 2.45) is 0 Å². The van der Waals surface area contributed by atoms with Crippen LogP contribution in [0.4, 0.5) is 5.13 Å². The number of aromatic nitrogens is 2. The molecule has 0 saturated heterocycles. The molecule has 8 heteroatoms. The van der Waals surface area contributed by atoms with Gasteiger partial charge in [0.15, 0.2) is 0 Å². The number of sulfonamides is 1. The van der Waals surface area contributed by atoms with Gasteiger partial charge < -0.3 is 0 Å². The first-order valence-electron chi connectivity index (χ1n) is 5.36. The first-order chi connectivity index (χ1) is 8.84. The van der Waals surface area contributed by atoms with Gasteiger partial charge in [-0.25, -0.2) is 12.7 Å². The highest BCUT2D eigenvalue weighted by atomic mass is 79.9. The van der Waals surface area contributed by atoms with E-state index in [2.05, 4.69) is 26.1 Å². The smallest absolute Gasteiger partial charge is 0.243 e. The number of benzene rings is 1.